The van der Waals surface area contributed by atoms with Gasteiger partial charge in [0, 0.05) is 13.0 Å². The number of amides is 1. The minimum Gasteiger partial charge on any atom is -0.348 e. The Balaban J connectivity index is 1.43. The molecule has 0 spiro atoms. The van der Waals surface area contributed by atoms with Gasteiger partial charge in [-0.05, 0) is 23.1 Å². The summed E-state index contributed by atoms with van der Waals surface area (Å²) in [5.41, 5.74) is 3.44. The van der Waals surface area contributed by atoms with E-state index < -0.39 is 0 Å². The van der Waals surface area contributed by atoms with Crippen molar-refractivity contribution in [2.75, 3.05) is 5.75 Å². The van der Waals surface area contributed by atoms with Gasteiger partial charge >= 0.3 is 0 Å². The second kappa shape index (κ2) is 12.0. The highest BCUT2D eigenvalue weighted by Gasteiger charge is 2.18. The second-order valence-corrected chi connectivity index (χ2v) is 8.91. The van der Waals surface area contributed by atoms with Crippen LogP contribution < -0.4 is 5.32 Å². The number of aromatic nitrogens is 3. The lowest BCUT2D eigenvalue weighted by Gasteiger charge is -2.19. The number of rotatable bonds is 11. The molecule has 1 unspecified atom stereocenters. The first kappa shape index (κ1) is 23.5. The van der Waals surface area contributed by atoms with Crippen LogP contribution in [-0.4, -0.2) is 26.4 Å². The maximum absolute atomic E-state index is 12.9. The molecular weight excluding hydrogens is 440 g/mol. The summed E-state index contributed by atoms with van der Waals surface area (Å²) in [4.78, 5) is 12.9. The first-order valence-electron chi connectivity index (χ1n) is 11.3. The van der Waals surface area contributed by atoms with Crippen LogP contribution in [0.2, 0.25) is 0 Å². The van der Waals surface area contributed by atoms with Crippen molar-refractivity contribution in [3.8, 4) is 0 Å². The summed E-state index contributed by atoms with van der Waals surface area (Å²) < 4.78 is 2.02. The fourth-order valence-corrected chi connectivity index (χ4v) is 4.58. The number of nitrogens with zero attached hydrogens (tertiary/aromatic N) is 3. The zero-order chi connectivity index (χ0) is 23.6. The number of allylic oxidation sites excluding steroid dienone is 1. The molecule has 172 valence electrons. The molecule has 6 heteroatoms. The molecule has 0 saturated heterocycles. The number of hydrogen-bond acceptors (Lipinski definition) is 4. The Morgan fingerprint density at radius 1 is 0.912 bits per heavy atom. The molecule has 0 aliphatic heterocycles. The SMILES string of the molecule is C=CCn1c(Cc2ccccc2)nnc1SCC(=O)NC(Cc1ccccc1)c1ccccc1. The zero-order valence-corrected chi connectivity index (χ0v) is 19.8. The lowest BCUT2D eigenvalue weighted by Crippen LogP contribution is -2.31. The van der Waals surface area contributed by atoms with Crippen LogP contribution in [0.4, 0.5) is 0 Å². The summed E-state index contributed by atoms with van der Waals surface area (Å²) in [6, 6.07) is 30.4. The minimum atomic E-state index is -0.101. The van der Waals surface area contributed by atoms with Crippen LogP contribution in [0.5, 0.6) is 0 Å². The monoisotopic (exact) mass is 468 g/mol. The van der Waals surface area contributed by atoms with Gasteiger partial charge in [0.1, 0.15) is 5.82 Å². The van der Waals surface area contributed by atoms with E-state index in [2.05, 4.69) is 58.5 Å². The predicted octanol–water partition coefficient (Wildman–Crippen LogP) is 5.25. The first-order valence-corrected chi connectivity index (χ1v) is 12.3. The summed E-state index contributed by atoms with van der Waals surface area (Å²) in [6.07, 6.45) is 3.24. The molecule has 1 heterocycles. The van der Waals surface area contributed by atoms with E-state index in [9.17, 15) is 4.79 Å². The van der Waals surface area contributed by atoms with Crippen LogP contribution in [0, 0.1) is 0 Å². The molecule has 1 atom stereocenters. The maximum Gasteiger partial charge on any atom is 0.230 e. The van der Waals surface area contributed by atoms with Gasteiger partial charge in [-0.2, -0.15) is 0 Å². The molecule has 0 aliphatic rings. The van der Waals surface area contributed by atoms with E-state index in [1.807, 2.05) is 65.2 Å². The molecule has 1 N–H and O–H groups in total. The second-order valence-electron chi connectivity index (χ2n) is 7.97. The Hall–Kier alpha value is -3.64. The standard InChI is InChI=1S/C28H28N4OS/c1-2-18-32-26(20-23-14-8-4-9-15-23)30-31-28(32)34-21-27(33)29-25(24-16-10-5-11-17-24)19-22-12-6-3-7-13-22/h2-17,25H,1,18-21H2,(H,29,33). The van der Waals surface area contributed by atoms with E-state index in [0.29, 0.717) is 13.0 Å². The van der Waals surface area contributed by atoms with Gasteiger partial charge in [0.25, 0.3) is 0 Å². The summed E-state index contributed by atoms with van der Waals surface area (Å²) >= 11 is 1.40. The van der Waals surface area contributed by atoms with E-state index >= 15 is 0 Å². The van der Waals surface area contributed by atoms with Crippen LogP contribution in [0.3, 0.4) is 0 Å². The van der Waals surface area contributed by atoms with E-state index in [4.69, 9.17) is 0 Å². The van der Waals surface area contributed by atoms with E-state index in [1.54, 1.807) is 0 Å². The van der Waals surface area contributed by atoms with Crippen molar-refractivity contribution in [1.29, 1.82) is 0 Å². The highest BCUT2D eigenvalue weighted by Crippen LogP contribution is 2.21. The van der Waals surface area contributed by atoms with E-state index in [0.717, 1.165) is 23.0 Å². The van der Waals surface area contributed by atoms with Crippen molar-refractivity contribution in [3.05, 3.63) is 126 Å². The molecule has 3 aromatic carbocycles. The van der Waals surface area contributed by atoms with Crippen molar-refractivity contribution in [2.45, 2.75) is 30.6 Å². The van der Waals surface area contributed by atoms with E-state index in [-0.39, 0.29) is 17.7 Å². The Labute approximate surface area is 204 Å². The molecule has 0 fully saturated rings. The van der Waals surface area contributed by atoms with Crippen molar-refractivity contribution >= 4 is 17.7 Å². The largest absolute Gasteiger partial charge is 0.348 e. The maximum atomic E-state index is 12.9. The Morgan fingerprint density at radius 3 is 2.18 bits per heavy atom. The molecule has 0 aliphatic carbocycles. The van der Waals surface area contributed by atoms with Gasteiger partial charge in [-0.3, -0.25) is 4.79 Å². The number of benzene rings is 3. The van der Waals surface area contributed by atoms with Crippen LogP contribution in [0.25, 0.3) is 0 Å². The van der Waals surface area contributed by atoms with Crippen molar-refractivity contribution in [2.24, 2.45) is 0 Å². The molecule has 0 saturated carbocycles. The molecule has 0 bridgehead atoms. The third-order valence-electron chi connectivity index (χ3n) is 5.46. The molecule has 1 amide bonds. The summed E-state index contributed by atoms with van der Waals surface area (Å²) in [6.45, 7) is 4.46. The highest BCUT2D eigenvalue weighted by molar-refractivity contribution is 7.99. The number of hydrogen-bond donors (Lipinski definition) is 1. The van der Waals surface area contributed by atoms with Crippen molar-refractivity contribution in [1.82, 2.24) is 20.1 Å². The van der Waals surface area contributed by atoms with E-state index in [1.165, 1.54) is 22.9 Å². The van der Waals surface area contributed by atoms with Crippen LogP contribution in [-0.2, 0) is 24.2 Å². The predicted molar refractivity (Wildman–Crippen MR) is 138 cm³/mol. The number of thioether (sulfide) groups is 1. The molecule has 34 heavy (non-hydrogen) atoms. The lowest BCUT2D eigenvalue weighted by molar-refractivity contribution is -0.119. The van der Waals surface area contributed by atoms with Gasteiger partial charge in [0.05, 0.1) is 11.8 Å². The zero-order valence-electron chi connectivity index (χ0n) is 19.0. The normalized spacial score (nSPS) is 11.6. The Kier molecular flexibility index (Phi) is 8.30. The molecule has 4 aromatic rings. The average molecular weight is 469 g/mol. The van der Waals surface area contributed by atoms with Gasteiger partial charge in [-0.25, -0.2) is 0 Å². The lowest BCUT2D eigenvalue weighted by atomic mass is 9.99. The van der Waals surface area contributed by atoms with Crippen LogP contribution in [0.1, 0.15) is 28.6 Å². The van der Waals surface area contributed by atoms with Crippen molar-refractivity contribution in [3.63, 3.8) is 0 Å². The minimum absolute atomic E-state index is 0.0347. The molecule has 1 aromatic heterocycles. The average Bonchev–Trinajstić information content (AvgIpc) is 3.25. The topological polar surface area (TPSA) is 59.8 Å². The quantitative estimate of drug-likeness (QED) is 0.241. The van der Waals surface area contributed by atoms with Gasteiger partial charge in [0.2, 0.25) is 5.91 Å². The van der Waals surface area contributed by atoms with Crippen LogP contribution >= 0.6 is 11.8 Å². The molecule has 5 nitrogen and oxygen atoms in total. The van der Waals surface area contributed by atoms with Gasteiger partial charge in [-0.1, -0.05) is 109 Å². The van der Waals surface area contributed by atoms with Crippen molar-refractivity contribution < 1.29 is 4.79 Å². The van der Waals surface area contributed by atoms with Gasteiger partial charge in [-0.15, -0.1) is 16.8 Å². The fourth-order valence-electron chi connectivity index (χ4n) is 3.80. The Morgan fingerprint density at radius 2 is 1.53 bits per heavy atom. The third-order valence-corrected chi connectivity index (χ3v) is 6.43. The Bertz CT molecular complexity index is 1190. The smallest absolute Gasteiger partial charge is 0.230 e. The highest BCUT2D eigenvalue weighted by atomic mass is 32.2. The van der Waals surface area contributed by atoms with Crippen LogP contribution in [0.15, 0.2) is 109 Å². The molecule has 0 radical (unpaired) electrons. The molecular formula is C28H28N4OS. The van der Waals surface area contributed by atoms with Gasteiger partial charge in [0.15, 0.2) is 5.16 Å². The first-order chi connectivity index (χ1) is 16.7. The third kappa shape index (κ3) is 6.45. The van der Waals surface area contributed by atoms with Gasteiger partial charge < -0.3 is 9.88 Å². The number of carbonyl (C=O) groups excluding carboxylic acids is 1. The molecule has 4 rings (SSSR count). The number of nitrogens with one attached hydrogen (secondary N) is 1. The summed E-state index contributed by atoms with van der Waals surface area (Å²) in [5, 5.41) is 12.7. The fraction of sp³-hybridized carbons (Fsp3) is 0.179. The number of carbonyl (C=O) groups is 1. The summed E-state index contributed by atoms with van der Waals surface area (Å²) in [7, 11) is 0. The summed E-state index contributed by atoms with van der Waals surface area (Å²) in [5.74, 6) is 1.09.